The fourth-order valence-electron chi connectivity index (χ4n) is 1.43. The molecule has 0 amide bonds. The van der Waals surface area contributed by atoms with Crippen LogP contribution in [-0.4, -0.2) is 8.42 Å². The summed E-state index contributed by atoms with van der Waals surface area (Å²) in [5.41, 5.74) is 1.20. The topological polar surface area (TPSA) is 34.1 Å². The molecular weight excluding hydrogens is 239 g/mol. The largest absolute Gasteiger partial charge is 0.236 e. The first-order chi connectivity index (χ1) is 6.90. The summed E-state index contributed by atoms with van der Waals surface area (Å²) in [5.74, 6) is -0.750. The van der Waals surface area contributed by atoms with Gasteiger partial charge < -0.3 is 0 Å². The van der Waals surface area contributed by atoms with Gasteiger partial charge >= 0.3 is 0 Å². The molecule has 1 aromatic carbocycles. The minimum Gasteiger partial charge on any atom is -0.212 e. The second kappa shape index (κ2) is 4.94. The summed E-state index contributed by atoms with van der Waals surface area (Å²) >= 11 is 0. The van der Waals surface area contributed by atoms with E-state index in [-0.39, 0.29) is 5.75 Å². The van der Waals surface area contributed by atoms with E-state index in [4.69, 9.17) is 10.7 Å². The highest BCUT2D eigenvalue weighted by molar-refractivity contribution is 8.13. The Hall–Kier alpha value is -0.610. The van der Waals surface area contributed by atoms with Crippen molar-refractivity contribution in [3.05, 3.63) is 35.1 Å². The normalized spacial score (nSPS) is 11.7. The van der Waals surface area contributed by atoms with Gasteiger partial charge in [0.15, 0.2) is 0 Å². The lowest BCUT2D eigenvalue weighted by molar-refractivity contribution is 0.607. The molecule has 0 aliphatic carbocycles. The highest BCUT2D eigenvalue weighted by atomic mass is 35.7. The van der Waals surface area contributed by atoms with Crippen molar-refractivity contribution >= 4 is 19.7 Å². The Balaban J connectivity index is 2.98. The van der Waals surface area contributed by atoms with Crippen LogP contribution in [0.4, 0.5) is 4.39 Å². The second-order valence-electron chi connectivity index (χ2n) is 3.40. The summed E-state index contributed by atoms with van der Waals surface area (Å²) in [6.45, 7) is 1.98. The number of halogens is 2. The molecule has 5 heteroatoms. The van der Waals surface area contributed by atoms with E-state index < -0.39 is 14.9 Å². The molecule has 0 radical (unpaired) electrons. The van der Waals surface area contributed by atoms with Crippen LogP contribution in [0.2, 0.25) is 0 Å². The quantitative estimate of drug-likeness (QED) is 0.770. The maximum atomic E-state index is 13.1. The number of benzene rings is 1. The molecule has 1 rings (SSSR count). The van der Waals surface area contributed by atoms with Crippen LogP contribution in [0.3, 0.4) is 0 Å². The third-order valence-electron chi connectivity index (χ3n) is 1.90. The molecule has 0 heterocycles. The molecule has 0 spiro atoms. The standard InChI is InChI=1S/C10H12ClFO2S/c1-2-3-8-4-9(6-10(12)5-8)7-15(11,13)14/h4-6H,2-3,7H2,1H3. The van der Waals surface area contributed by atoms with Gasteiger partial charge in [0.05, 0.1) is 5.75 Å². The van der Waals surface area contributed by atoms with Crippen molar-refractivity contribution in [1.29, 1.82) is 0 Å². The monoisotopic (exact) mass is 250 g/mol. The summed E-state index contributed by atoms with van der Waals surface area (Å²) in [6.07, 6.45) is 1.61. The van der Waals surface area contributed by atoms with Crippen molar-refractivity contribution in [2.45, 2.75) is 25.5 Å². The molecule has 0 bridgehead atoms. The number of aryl methyl sites for hydroxylation is 1. The Labute approximate surface area is 93.5 Å². The lowest BCUT2D eigenvalue weighted by Crippen LogP contribution is -1.97. The van der Waals surface area contributed by atoms with Crippen molar-refractivity contribution in [2.75, 3.05) is 0 Å². The number of rotatable bonds is 4. The van der Waals surface area contributed by atoms with Crippen LogP contribution >= 0.6 is 10.7 Å². The van der Waals surface area contributed by atoms with Gasteiger partial charge in [0.2, 0.25) is 9.05 Å². The van der Waals surface area contributed by atoms with E-state index in [1.165, 1.54) is 12.1 Å². The van der Waals surface area contributed by atoms with E-state index in [9.17, 15) is 12.8 Å². The SMILES string of the molecule is CCCc1cc(F)cc(CS(=O)(=O)Cl)c1. The molecule has 0 aromatic heterocycles. The molecule has 0 N–H and O–H groups in total. The second-order valence-corrected chi connectivity index (χ2v) is 6.18. The summed E-state index contributed by atoms with van der Waals surface area (Å²) < 4.78 is 34.7. The highest BCUT2D eigenvalue weighted by Crippen LogP contribution is 2.15. The minimum atomic E-state index is -3.62. The molecule has 0 fully saturated rings. The molecule has 0 unspecified atom stereocenters. The first-order valence-electron chi connectivity index (χ1n) is 4.61. The van der Waals surface area contributed by atoms with Gasteiger partial charge in [0.25, 0.3) is 0 Å². The van der Waals surface area contributed by atoms with Crippen LogP contribution in [0, 0.1) is 5.82 Å². The molecule has 1 aromatic rings. The Morgan fingerprint density at radius 1 is 1.27 bits per heavy atom. The van der Waals surface area contributed by atoms with E-state index >= 15 is 0 Å². The van der Waals surface area contributed by atoms with Crippen LogP contribution in [0.1, 0.15) is 24.5 Å². The minimum absolute atomic E-state index is 0.330. The van der Waals surface area contributed by atoms with Crippen LogP contribution in [0.25, 0.3) is 0 Å². The zero-order valence-electron chi connectivity index (χ0n) is 8.33. The first-order valence-corrected chi connectivity index (χ1v) is 7.09. The summed E-state index contributed by atoms with van der Waals surface area (Å²) in [6, 6.07) is 4.28. The maximum absolute atomic E-state index is 13.1. The number of hydrogen-bond acceptors (Lipinski definition) is 2. The van der Waals surface area contributed by atoms with Gasteiger partial charge in [-0.25, -0.2) is 12.8 Å². The van der Waals surface area contributed by atoms with Crippen LogP contribution in [0.5, 0.6) is 0 Å². The highest BCUT2D eigenvalue weighted by Gasteiger charge is 2.09. The lowest BCUT2D eigenvalue weighted by Gasteiger charge is -2.03. The molecular formula is C10H12ClFO2S. The predicted molar refractivity (Wildman–Crippen MR) is 58.9 cm³/mol. The average molecular weight is 251 g/mol. The predicted octanol–water partition coefficient (Wildman–Crippen LogP) is 2.85. The van der Waals surface area contributed by atoms with E-state index in [2.05, 4.69) is 0 Å². The third kappa shape index (κ3) is 4.62. The van der Waals surface area contributed by atoms with E-state index in [1.807, 2.05) is 6.92 Å². The van der Waals surface area contributed by atoms with E-state index in [0.717, 1.165) is 18.4 Å². The smallest absolute Gasteiger partial charge is 0.212 e. The Bertz CT molecular complexity index is 443. The molecule has 2 nitrogen and oxygen atoms in total. The van der Waals surface area contributed by atoms with Gasteiger partial charge in [-0.1, -0.05) is 19.4 Å². The van der Waals surface area contributed by atoms with Crippen molar-refractivity contribution in [3.63, 3.8) is 0 Å². The van der Waals surface area contributed by atoms with E-state index in [1.54, 1.807) is 6.07 Å². The van der Waals surface area contributed by atoms with Gasteiger partial charge in [-0.2, -0.15) is 0 Å². The van der Waals surface area contributed by atoms with Gasteiger partial charge in [-0.15, -0.1) is 0 Å². The van der Waals surface area contributed by atoms with Crippen molar-refractivity contribution in [1.82, 2.24) is 0 Å². The van der Waals surface area contributed by atoms with Crippen molar-refractivity contribution < 1.29 is 12.8 Å². The third-order valence-corrected chi connectivity index (χ3v) is 2.90. The fourth-order valence-corrected chi connectivity index (χ4v) is 2.38. The van der Waals surface area contributed by atoms with Crippen molar-refractivity contribution in [3.8, 4) is 0 Å². The van der Waals surface area contributed by atoms with Gasteiger partial charge in [0, 0.05) is 10.7 Å². The maximum Gasteiger partial charge on any atom is 0.236 e. The van der Waals surface area contributed by atoms with Gasteiger partial charge in [-0.05, 0) is 29.7 Å². The number of hydrogen-bond donors (Lipinski definition) is 0. The van der Waals surface area contributed by atoms with Gasteiger partial charge in [-0.3, -0.25) is 0 Å². The van der Waals surface area contributed by atoms with Crippen LogP contribution in [-0.2, 0) is 21.2 Å². The molecule has 0 saturated carbocycles. The van der Waals surface area contributed by atoms with Crippen LogP contribution < -0.4 is 0 Å². The summed E-state index contributed by atoms with van der Waals surface area (Å²) in [7, 11) is 1.48. The Morgan fingerprint density at radius 3 is 2.40 bits per heavy atom. The average Bonchev–Trinajstić information content (AvgIpc) is 1.99. The first kappa shape index (κ1) is 12.5. The zero-order chi connectivity index (χ0) is 11.5. The molecule has 0 aliphatic rings. The molecule has 15 heavy (non-hydrogen) atoms. The summed E-state index contributed by atoms with van der Waals surface area (Å²) in [4.78, 5) is 0. The van der Waals surface area contributed by atoms with E-state index in [0.29, 0.717) is 5.56 Å². The Morgan fingerprint density at radius 2 is 1.87 bits per heavy atom. The molecule has 0 aliphatic heterocycles. The van der Waals surface area contributed by atoms with Gasteiger partial charge in [0.1, 0.15) is 5.82 Å². The molecule has 0 saturated heterocycles. The molecule has 84 valence electrons. The van der Waals surface area contributed by atoms with Crippen LogP contribution in [0.15, 0.2) is 18.2 Å². The van der Waals surface area contributed by atoms with Crippen molar-refractivity contribution in [2.24, 2.45) is 0 Å². The Kier molecular flexibility index (Phi) is 4.11. The summed E-state index contributed by atoms with van der Waals surface area (Å²) in [5, 5.41) is 0. The lowest BCUT2D eigenvalue weighted by atomic mass is 10.1. The fraction of sp³-hybridized carbons (Fsp3) is 0.400. The molecule has 0 atom stereocenters. The zero-order valence-corrected chi connectivity index (χ0v) is 9.91.